The molecule has 84 valence electrons. The Balaban J connectivity index is 1.73. The van der Waals surface area contributed by atoms with Crippen molar-refractivity contribution in [1.29, 1.82) is 0 Å². The van der Waals surface area contributed by atoms with Crippen LogP contribution < -0.4 is 10.6 Å². The second-order valence-corrected chi connectivity index (χ2v) is 5.00. The molecule has 0 radical (unpaired) electrons. The summed E-state index contributed by atoms with van der Waals surface area (Å²) >= 11 is 4.90. The van der Waals surface area contributed by atoms with Crippen LogP contribution in [0, 0.1) is 5.92 Å². The van der Waals surface area contributed by atoms with E-state index in [1.807, 2.05) is 0 Å². The van der Waals surface area contributed by atoms with Crippen molar-refractivity contribution in [3.63, 3.8) is 0 Å². The number of rotatable bonds is 3. The van der Waals surface area contributed by atoms with E-state index in [1.54, 1.807) is 0 Å². The second-order valence-electron chi connectivity index (χ2n) is 4.60. The van der Waals surface area contributed by atoms with Gasteiger partial charge in [0.15, 0.2) is 5.11 Å². The molecule has 1 saturated carbocycles. The topological polar surface area (TPSA) is 41.1 Å². The molecule has 1 atom stereocenters. The Morgan fingerprint density at radius 3 is 2.53 bits per heavy atom. The SMILES string of the molecule is O=C1NC(=S)NC1CCC1CCCCC1. The van der Waals surface area contributed by atoms with Crippen molar-refractivity contribution in [1.82, 2.24) is 10.6 Å². The summed E-state index contributed by atoms with van der Waals surface area (Å²) in [6.45, 7) is 0. The molecule has 1 amide bonds. The van der Waals surface area contributed by atoms with Gasteiger partial charge in [-0.25, -0.2) is 0 Å². The number of hydrogen-bond donors (Lipinski definition) is 2. The zero-order valence-electron chi connectivity index (χ0n) is 8.92. The molecular formula is C11H18N2OS. The first-order valence-corrected chi connectivity index (χ1v) is 6.28. The van der Waals surface area contributed by atoms with Gasteiger partial charge in [0, 0.05) is 0 Å². The first-order valence-electron chi connectivity index (χ1n) is 5.87. The first-order chi connectivity index (χ1) is 7.25. The van der Waals surface area contributed by atoms with E-state index < -0.39 is 0 Å². The average Bonchev–Trinajstić information content (AvgIpc) is 2.56. The third-order valence-electron chi connectivity index (χ3n) is 3.45. The zero-order chi connectivity index (χ0) is 10.7. The molecule has 2 rings (SSSR count). The van der Waals surface area contributed by atoms with Gasteiger partial charge in [-0.3, -0.25) is 4.79 Å². The Bertz CT molecular complexity index is 261. The molecule has 1 aliphatic carbocycles. The number of carbonyl (C=O) groups excluding carboxylic acids is 1. The van der Waals surface area contributed by atoms with Crippen molar-refractivity contribution in [2.75, 3.05) is 0 Å². The van der Waals surface area contributed by atoms with Gasteiger partial charge >= 0.3 is 0 Å². The fraction of sp³-hybridized carbons (Fsp3) is 0.818. The van der Waals surface area contributed by atoms with Gasteiger partial charge < -0.3 is 10.6 Å². The number of hydrogen-bond acceptors (Lipinski definition) is 2. The van der Waals surface area contributed by atoms with E-state index in [0.717, 1.165) is 18.8 Å². The van der Waals surface area contributed by atoms with Crippen molar-refractivity contribution in [2.24, 2.45) is 5.92 Å². The molecule has 2 aliphatic rings. The molecule has 0 bridgehead atoms. The Hall–Kier alpha value is -0.640. The second kappa shape index (κ2) is 4.92. The van der Waals surface area contributed by atoms with E-state index >= 15 is 0 Å². The van der Waals surface area contributed by atoms with Crippen molar-refractivity contribution in [2.45, 2.75) is 51.0 Å². The van der Waals surface area contributed by atoms with Crippen LogP contribution in [0.1, 0.15) is 44.9 Å². The lowest BCUT2D eigenvalue weighted by molar-refractivity contribution is -0.120. The van der Waals surface area contributed by atoms with E-state index in [2.05, 4.69) is 10.6 Å². The van der Waals surface area contributed by atoms with E-state index in [0.29, 0.717) is 5.11 Å². The summed E-state index contributed by atoms with van der Waals surface area (Å²) in [5, 5.41) is 6.14. The van der Waals surface area contributed by atoms with Crippen LogP contribution >= 0.6 is 12.2 Å². The number of thiocarbonyl (C=S) groups is 1. The van der Waals surface area contributed by atoms with E-state index in [-0.39, 0.29) is 11.9 Å². The Kier molecular flexibility index (Phi) is 3.57. The van der Waals surface area contributed by atoms with Gasteiger partial charge in [0.05, 0.1) is 0 Å². The third-order valence-corrected chi connectivity index (χ3v) is 3.67. The number of amides is 1. The van der Waals surface area contributed by atoms with Crippen LogP contribution in [0.15, 0.2) is 0 Å². The average molecular weight is 226 g/mol. The highest BCUT2D eigenvalue weighted by molar-refractivity contribution is 7.80. The lowest BCUT2D eigenvalue weighted by Gasteiger charge is -2.22. The fourth-order valence-corrected chi connectivity index (χ4v) is 2.78. The van der Waals surface area contributed by atoms with Gasteiger partial charge in [-0.15, -0.1) is 0 Å². The summed E-state index contributed by atoms with van der Waals surface area (Å²) in [6.07, 6.45) is 8.91. The summed E-state index contributed by atoms with van der Waals surface area (Å²) in [6, 6.07) is -0.0700. The molecule has 0 aromatic rings. The van der Waals surface area contributed by atoms with Gasteiger partial charge in [0.25, 0.3) is 0 Å². The molecule has 1 saturated heterocycles. The minimum Gasteiger partial charge on any atom is -0.351 e. The van der Waals surface area contributed by atoms with E-state index in [4.69, 9.17) is 12.2 Å². The first kappa shape index (κ1) is 10.9. The molecule has 0 aromatic carbocycles. The predicted molar refractivity (Wildman–Crippen MR) is 63.5 cm³/mol. The molecular weight excluding hydrogens is 208 g/mol. The van der Waals surface area contributed by atoms with E-state index in [1.165, 1.54) is 32.1 Å². The summed E-state index contributed by atoms with van der Waals surface area (Å²) in [5.41, 5.74) is 0. The predicted octanol–water partition coefficient (Wildman–Crippen LogP) is 1.72. The fourth-order valence-electron chi connectivity index (χ4n) is 2.54. The van der Waals surface area contributed by atoms with Crippen LogP contribution in [0.5, 0.6) is 0 Å². The van der Waals surface area contributed by atoms with Gasteiger partial charge in [-0.05, 0) is 31.0 Å². The van der Waals surface area contributed by atoms with Crippen LogP contribution in [-0.4, -0.2) is 17.1 Å². The summed E-state index contributed by atoms with van der Waals surface area (Å²) in [5.74, 6) is 0.887. The molecule has 1 unspecified atom stereocenters. The summed E-state index contributed by atoms with van der Waals surface area (Å²) in [7, 11) is 0. The molecule has 4 heteroatoms. The minimum atomic E-state index is -0.0700. The lowest BCUT2D eigenvalue weighted by atomic mass is 9.85. The molecule has 2 fully saturated rings. The van der Waals surface area contributed by atoms with Crippen molar-refractivity contribution in [3.8, 4) is 0 Å². The van der Waals surface area contributed by atoms with Crippen LogP contribution in [0.25, 0.3) is 0 Å². The molecule has 0 aromatic heterocycles. The zero-order valence-corrected chi connectivity index (χ0v) is 9.74. The van der Waals surface area contributed by atoms with Gasteiger partial charge in [-0.2, -0.15) is 0 Å². The Morgan fingerprint density at radius 1 is 1.20 bits per heavy atom. The molecule has 15 heavy (non-hydrogen) atoms. The van der Waals surface area contributed by atoms with Gasteiger partial charge in [0.1, 0.15) is 6.04 Å². The van der Waals surface area contributed by atoms with E-state index in [9.17, 15) is 4.79 Å². The maximum atomic E-state index is 11.4. The third kappa shape index (κ3) is 2.91. The Morgan fingerprint density at radius 2 is 1.93 bits per heavy atom. The number of carbonyl (C=O) groups is 1. The summed E-state index contributed by atoms with van der Waals surface area (Å²) < 4.78 is 0. The normalized spacial score (nSPS) is 27.6. The van der Waals surface area contributed by atoms with Crippen molar-refractivity contribution < 1.29 is 4.79 Å². The maximum absolute atomic E-state index is 11.4. The van der Waals surface area contributed by atoms with Crippen LogP contribution in [0.4, 0.5) is 0 Å². The quantitative estimate of drug-likeness (QED) is 0.720. The smallest absolute Gasteiger partial charge is 0.248 e. The summed E-state index contributed by atoms with van der Waals surface area (Å²) in [4.78, 5) is 11.4. The van der Waals surface area contributed by atoms with Crippen molar-refractivity contribution in [3.05, 3.63) is 0 Å². The van der Waals surface area contributed by atoms with Gasteiger partial charge in [-0.1, -0.05) is 32.1 Å². The van der Waals surface area contributed by atoms with Crippen LogP contribution in [-0.2, 0) is 4.79 Å². The molecule has 0 spiro atoms. The maximum Gasteiger partial charge on any atom is 0.248 e. The molecule has 2 N–H and O–H groups in total. The highest BCUT2D eigenvalue weighted by Gasteiger charge is 2.27. The van der Waals surface area contributed by atoms with Crippen LogP contribution in [0.2, 0.25) is 0 Å². The Labute approximate surface area is 96.0 Å². The van der Waals surface area contributed by atoms with Crippen molar-refractivity contribution >= 4 is 23.2 Å². The molecule has 1 heterocycles. The molecule has 1 aliphatic heterocycles. The monoisotopic (exact) mass is 226 g/mol. The highest BCUT2D eigenvalue weighted by atomic mass is 32.1. The number of nitrogens with one attached hydrogen (secondary N) is 2. The van der Waals surface area contributed by atoms with Crippen LogP contribution in [0.3, 0.4) is 0 Å². The lowest BCUT2D eigenvalue weighted by Crippen LogP contribution is -2.29. The largest absolute Gasteiger partial charge is 0.351 e. The minimum absolute atomic E-state index is 0.0517. The standard InChI is InChI=1S/C11H18N2OS/c14-10-9(12-11(15)13-10)7-6-8-4-2-1-3-5-8/h8-9H,1-7H2,(H2,12,13,14,15). The molecule has 3 nitrogen and oxygen atoms in total. The van der Waals surface area contributed by atoms with Gasteiger partial charge in [0.2, 0.25) is 5.91 Å². The highest BCUT2D eigenvalue weighted by Crippen LogP contribution is 2.27.